The quantitative estimate of drug-likeness (QED) is 0.651. The first-order valence-corrected chi connectivity index (χ1v) is 9.91. The maximum atomic E-state index is 14.3. The number of benzene rings is 2. The highest BCUT2D eigenvalue weighted by Gasteiger charge is 2.42. The molecule has 0 unspecified atom stereocenters. The molecule has 0 radical (unpaired) electrons. The Balaban J connectivity index is 1.65. The maximum Gasteiger partial charge on any atom is 0.235 e. The minimum absolute atomic E-state index is 0.0710. The van der Waals surface area contributed by atoms with Gasteiger partial charge >= 0.3 is 0 Å². The van der Waals surface area contributed by atoms with Crippen molar-refractivity contribution in [1.82, 2.24) is 20.2 Å². The number of nitrogens with one attached hydrogen (secondary N) is 1. The van der Waals surface area contributed by atoms with E-state index >= 15 is 0 Å². The number of nitrogens with zero attached hydrogens (tertiary/aromatic N) is 4. The molecule has 1 N–H and O–H groups in total. The molecule has 1 aliphatic carbocycles. The van der Waals surface area contributed by atoms with E-state index in [1.807, 2.05) is 24.3 Å². The summed E-state index contributed by atoms with van der Waals surface area (Å²) >= 11 is 3.45. The van der Waals surface area contributed by atoms with Gasteiger partial charge in [-0.05, 0) is 66.1 Å². The van der Waals surface area contributed by atoms with Gasteiger partial charge < -0.3 is 5.32 Å². The molecular weight excluding hydrogens is 425 g/mol. The van der Waals surface area contributed by atoms with Crippen LogP contribution in [0.3, 0.4) is 0 Å². The van der Waals surface area contributed by atoms with Crippen LogP contribution in [0, 0.1) is 12.7 Å². The lowest BCUT2D eigenvalue weighted by Crippen LogP contribution is -2.38. The van der Waals surface area contributed by atoms with Crippen LogP contribution in [0.25, 0.3) is 5.69 Å². The van der Waals surface area contributed by atoms with E-state index in [1.54, 1.807) is 19.1 Å². The average Bonchev–Trinajstić information content (AvgIpc) is 3.34. The van der Waals surface area contributed by atoms with Crippen molar-refractivity contribution in [1.29, 1.82) is 0 Å². The molecule has 3 aromatic rings. The molecule has 1 saturated carbocycles. The number of amides is 1. The van der Waals surface area contributed by atoms with Gasteiger partial charge in [-0.2, -0.15) is 4.68 Å². The fourth-order valence-corrected chi connectivity index (χ4v) is 4.12. The molecule has 1 aliphatic rings. The van der Waals surface area contributed by atoms with Crippen LogP contribution in [0.4, 0.5) is 10.1 Å². The molecule has 0 atom stereocenters. The molecule has 0 saturated heterocycles. The number of aryl methyl sites for hydroxylation is 1. The van der Waals surface area contributed by atoms with E-state index in [9.17, 15) is 9.18 Å². The Morgan fingerprint density at radius 3 is 2.54 bits per heavy atom. The monoisotopic (exact) mass is 443 g/mol. The van der Waals surface area contributed by atoms with Gasteiger partial charge in [-0.1, -0.05) is 40.9 Å². The summed E-state index contributed by atoms with van der Waals surface area (Å²) in [6.07, 6.45) is 3.59. The first kappa shape index (κ1) is 18.7. The van der Waals surface area contributed by atoms with E-state index < -0.39 is 11.2 Å². The van der Waals surface area contributed by atoms with Crippen molar-refractivity contribution < 1.29 is 9.18 Å². The third kappa shape index (κ3) is 3.32. The van der Waals surface area contributed by atoms with E-state index in [4.69, 9.17) is 0 Å². The fourth-order valence-electron chi connectivity index (χ4n) is 3.85. The standard InChI is InChI=1S/C20H19BrFN5O/c1-13-24-25-26-27(13)18-12-16(8-9-17(18)22)23-19(28)20(10-2-3-11-20)14-4-6-15(21)7-5-14/h4-9,12H,2-3,10-11H2,1H3,(H,23,28). The zero-order valence-corrected chi connectivity index (χ0v) is 16.9. The fraction of sp³-hybridized carbons (Fsp3) is 0.300. The highest BCUT2D eigenvalue weighted by atomic mass is 79.9. The van der Waals surface area contributed by atoms with Gasteiger partial charge in [0.15, 0.2) is 5.82 Å². The van der Waals surface area contributed by atoms with Gasteiger partial charge in [0.25, 0.3) is 0 Å². The van der Waals surface area contributed by atoms with Gasteiger partial charge in [0.1, 0.15) is 11.5 Å². The highest BCUT2D eigenvalue weighted by molar-refractivity contribution is 9.10. The summed E-state index contributed by atoms with van der Waals surface area (Å²) < 4.78 is 16.6. The Morgan fingerprint density at radius 2 is 1.89 bits per heavy atom. The maximum absolute atomic E-state index is 14.3. The van der Waals surface area contributed by atoms with E-state index in [0.29, 0.717) is 11.5 Å². The number of hydrogen-bond acceptors (Lipinski definition) is 4. The van der Waals surface area contributed by atoms with Crippen LogP contribution in [-0.4, -0.2) is 26.1 Å². The van der Waals surface area contributed by atoms with Crippen molar-refractivity contribution in [2.45, 2.75) is 38.0 Å². The smallest absolute Gasteiger partial charge is 0.235 e. The molecule has 6 nitrogen and oxygen atoms in total. The summed E-state index contributed by atoms with van der Waals surface area (Å²) in [5.41, 5.74) is 1.15. The molecule has 0 spiro atoms. The number of carbonyl (C=O) groups is 1. The van der Waals surface area contributed by atoms with Gasteiger partial charge in [-0.25, -0.2) is 4.39 Å². The van der Waals surface area contributed by atoms with Gasteiger partial charge in [-0.3, -0.25) is 4.79 Å². The summed E-state index contributed by atoms with van der Waals surface area (Å²) in [6, 6.07) is 12.3. The molecule has 1 amide bonds. The third-order valence-corrected chi connectivity index (χ3v) is 5.87. The molecule has 2 aromatic carbocycles. The molecule has 144 valence electrons. The minimum atomic E-state index is -0.569. The summed E-state index contributed by atoms with van der Waals surface area (Å²) in [5, 5.41) is 14.1. The zero-order valence-electron chi connectivity index (χ0n) is 15.3. The normalized spacial score (nSPS) is 15.5. The van der Waals surface area contributed by atoms with Crippen molar-refractivity contribution in [2.75, 3.05) is 5.32 Å². The number of halogens is 2. The predicted octanol–water partition coefficient (Wildman–Crippen LogP) is 4.32. The predicted molar refractivity (Wildman–Crippen MR) is 107 cm³/mol. The lowest BCUT2D eigenvalue weighted by Gasteiger charge is -2.28. The van der Waals surface area contributed by atoms with Crippen LogP contribution in [0.15, 0.2) is 46.9 Å². The Bertz CT molecular complexity index is 1010. The van der Waals surface area contributed by atoms with Gasteiger partial charge in [0.05, 0.1) is 5.41 Å². The van der Waals surface area contributed by atoms with Crippen molar-refractivity contribution in [3.63, 3.8) is 0 Å². The lowest BCUT2D eigenvalue weighted by atomic mass is 9.78. The highest BCUT2D eigenvalue weighted by Crippen LogP contribution is 2.42. The summed E-state index contributed by atoms with van der Waals surface area (Å²) in [6.45, 7) is 1.69. The molecule has 8 heteroatoms. The van der Waals surface area contributed by atoms with Crippen molar-refractivity contribution in [3.8, 4) is 5.69 Å². The van der Waals surface area contributed by atoms with Gasteiger partial charge in [0, 0.05) is 10.2 Å². The Kier molecular flexibility index (Phi) is 4.97. The Hall–Kier alpha value is -2.61. The topological polar surface area (TPSA) is 72.7 Å². The summed E-state index contributed by atoms with van der Waals surface area (Å²) in [4.78, 5) is 13.3. The molecule has 1 fully saturated rings. The molecule has 28 heavy (non-hydrogen) atoms. The van der Waals surface area contributed by atoms with Crippen molar-refractivity contribution >= 4 is 27.5 Å². The third-order valence-electron chi connectivity index (χ3n) is 5.35. The number of tetrazole rings is 1. The van der Waals surface area contributed by atoms with Gasteiger partial charge in [-0.15, -0.1) is 5.10 Å². The first-order valence-electron chi connectivity index (χ1n) is 9.12. The second kappa shape index (κ2) is 7.43. The van der Waals surface area contributed by atoms with Crippen LogP contribution in [0.2, 0.25) is 0 Å². The SMILES string of the molecule is Cc1nnnn1-c1cc(NC(=O)C2(c3ccc(Br)cc3)CCCC2)ccc1F. The second-order valence-electron chi connectivity index (χ2n) is 7.05. The molecule has 1 aromatic heterocycles. The van der Waals surface area contributed by atoms with E-state index in [1.165, 1.54) is 10.7 Å². The second-order valence-corrected chi connectivity index (χ2v) is 7.97. The van der Waals surface area contributed by atoms with Crippen LogP contribution in [-0.2, 0) is 10.2 Å². The summed E-state index contributed by atoms with van der Waals surface area (Å²) in [7, 11) is 0. The number of carbonyl (C=O) groups excluding carboxylic acids is 1. The number of hydrogen-bond donors (Lipinski definition) is 1. The molecule has 0 bridgehead atoms. The number of rotatable bonds is 4. The minimum Gasteiger partial charge on any atom is -0.325 e. The van der Waals surface area contributed by atoms with Crippen LogP contribution < -0.4 is 5.32 Å². The zero-order chi connectivity index (χ0) is 19.7. The first-order chi connectivity index (χ1) is 13.5. The van der Waals surface area contributed by atoms with E-state index in [2.05, 4.69) is 36.8 Å². The summed E-state index contributed by atoms with van der Waals surface area (Å²) in [5.74, 6) is -0.0697. The Labute approximate surface area is 170 Å². The number of aromatic nitrogens is 4. The van der Waals surface area contributed by atoms with Crippen LogP contribution in [0.1, 0.15) is 37.1 Å². The molecule has 1 heterocycles. The van der Waals surface area contributed by atoms with E-state index in [-0.39, 0.29) is 11.6 Å². The van der Waals surface area contributed by atoms with Crippen molar-refractivity contribution in [2.24, 2.45) is 0 Å². The molecule has 4 rings (SSSR count). The lowest BCUT2D eigenvalue weighted by molar-refractivity contribution is -0.121. The number of anilines is 1. The van der Waals surface area contributed by atoms with Gasteiger partial charge in [0.2, 0.25) is 5.91 Å². The largest absolute Gasteiger partial charge is 0.325 e. The average molecular weight is 444 g/mol. The molecule has 0 aliphatic heterocycles. The van der Waals surface area contributed by atoms with Crippen molar-refractivity contribution in [3.05, 3.63) is 64.1 Å². The van der Waals surface area contributed by atoms with Crippen LogP contribution in [0.5, 0.6) is 0 Å². The van der Waals surface area contributed by atoms with Crippen LogP contribution >= 0.6 is 15.9 Å². The molecular formula is C20H19BrFN5O. The van der Waals surface area contributed by atoms with E-state index in [0.717, 1.165) is 35.7 Å². The Morgan fingerprint density at radius 1 is 1.18 bits per heavy atom.